The smallest absolute Gasteiger partial charge is 0.243 e. The maximum absolute atomic E-state index is 13.1. The van der Waals surface area contributed by atoms with Crippen LogP contribution in [0.5, 0.6) is 5.75 Å². The lowest BCUT2D eigenvalue weighted by Crippen LogP contribution is -2.64. The van der Waals surface area contributed by atoms with Gasteiger partial charge in [-0.25, -0.2) is 8.42 Å². The molecule has 9 heteroatoms. The fourth-order valence-electron chi connectivity index (χ4n) is 4.23. The first-order valence-corrected chi connectivity index (χ1v) is 12.1. The Bertz CT molecular complexity index is 1030. The molecule has 0 aliphatic carbocycles. The van der Waals surface area contributed by atoms with Crippen LogP contribution in [0.4, 0.5) is 0 Å². The Labute approximate surface area is 196 Å². The fourth-order valence-corrected chi connectivity index (χ4v) is 5.67. The monoisotopic (exact) mass is 478 g/mol. The molecule has 0 atom stereocenters. The summed E-state index contributed by atoms with van der Waals surface area (Å²) in [5.41, 5.74) is 1.89. The second kappa shape index (κ2) is 10.2. The van der Waals surface area contributed by atoms with Gasteiger partial charge in [0.25, 0.3) is 0 Å². The Kier molecular flexibility index (Phi) is 7.82. The highest BCUT2D eigenvalue weighted by Gasteiger charge is 2.43. The summed E-state index contributed by atoms with van der Waals surface area (Å²) in [7, 11) is -1.82. The summed E-state index contributed by atoms with van der Waals surface area (Å²) >= 11 is 0. The Morgan fingerprint density at radius 3 is 2.38 bits per heavy atom. The molecule has 2 N–H and O–H groups in total. The predicted molar refractivity (Wildman–Crippen MR) is 129 cm³/mol. The number of aryl methyl sites for hydroxylation is 1. The van der Waals surface area contributed by atoms with E-state index in [4.69, 9.17) is 9.73 Å². The highest BCUT2D eigenvalue weighted by Crippen LogP contribution is 2.29. The van der Waals surface area contributed by atoms with Crippen molar-refractivity contribution >= 4 is 28.3 Å². The van der Waals surface area contributed by atoms with E-state index in [9.17, 15) is 8.42 Å². The molecule has 7 nitrogen and oxygen atoms in total. The van der Waals surface area contributed by atoms with Crippen LogP contribution in [0.2, 0.25) is 0 Å². The second-order valence-corrected chi connectivity index (χ2v) is 10.1. The third kappa shape index (κ3) is 5.09. The number of ether oxygens (including phenoxy) is 1. The number of hydrogen-bond acceptors (Lipinski definition) is 6. The topological polar surface area (TPSA) is 83.0 Å². The highest BCUT2D eigenvalue weighted by atomic mass is 35.5. The number of piperidine rings is 1. The van der Waals surface area contributed by atoms with Gasteiger partial charge in [-0.3, -0.25) is 4.99 Å². The van der Waals surface area contributed by atoms with Gasteiger partial charge in [0.2, 0.25) is 10.0 Å². The number of sulfonamides is 1. The van der Waals surface area contributed by atoms with Crippen molar-refractivity contribution in [3.05, 3.63) is 59.7 Å². The number of halogens is 1. The minimum absolute atomic E-state index is 0. The van der Waals surface area contributed by atoms with E-state index >= 15 is 0 Å². The van der Waals surface area contributed by atoms with Crippen LogP contribution >= 0.6 is 12.4 Å². The van der Waals surface area contributed by atoms with E-state index in [0.29, 0.717) is 37.4 Å². The van der Waals surface area contributed by atoms with Gasteiger partial charge in [-0.15, -0.1) is 12.4 Å². The summed E-state index contributed by atoms with van der Waals surface area (Å²) in [5, 5.41) is 7.13. The van der Waals surface area contributed by atoms with Crippen LogP contribution in [0.1, 0.15) is 24.0 Å². The Morgan fingerprint density at radius 2 is 1.75 bits per heavy atom. The average Bonchev–Trinajstić information content (AvgIpc) is 2.79. The molecular weight excluding hydrogens is 448 g/mol. The molecule has 2 aliphatic rings. The highest BCUT2D eigenvalue weighted by molar-refractivity contribution is 7.89. The van der Waals surface area contributed by atoms with Gasteiger partial charge < -0.3 is 15.4 Å². The van der Waals surface area contributed by atoms with E-state index in [1.54, 1.807) is 23.5 Å². The third-order valence-corrected chi connectivity index (χ3v) is 8.07. The molecule has 2 heterocycles. The van der Waals surface area contributed by atoms with Crippen LogP contribution in [-0.2, 0) is 16.6 Å². The summed E-state index contributed by atoms with van der Waals surface area (Å²) in [6, 6.07) is 15.0. The first kappa shape index (κ1) is 24.5. The minimum Gasteiger partial charge on any atom is -0.497 e. The first-order valence-electron chi connectivity index (χ1n) is 10.7. The summed E-state index contributed by atoms with van der Waals surface area (Å²) in [6.45, 7) is 5.07. The van der Waals surface area contributed by atoms with E-state index in [-0.39, 0.29) is 17.9 Å². The largest absolute Gasteiger partial charge is 0.497 e. The number of nitrogens with zero attached hydrogens (tertiary/aromatic N) is 2. The summed E-state index contributed by atoms with van der Waals surface area (Å²) in [6.07, 6.45) is 1.37. The van der Waals surface area contributed by atoms with Crippen molar-refractivity contribution in [3.63, 3.8) is 0 Å². The van der Waals surface area contributed by atoms with Crippen LogP contribution < -0.4 is 15.4 Å². The van der Waals surface area contributed by atoms with Gasteiger partial charge in [0, 0.05) is 26.2 Å². The molecule has 32 heavy (non-hydrogen) atoms. The third-order valence-electron chi connectivity index (χ3n) is 6.15. The zero-order chi connectivity index (χ0) is 21.9. The molecule has 0 saturated carbocycles. The molecule has 0 radical (unpaired) electrons. The summed E-state index contributed by atoms with van der Waals surface area (Å²) < 4.78 is 32.9. The molecule has 0 amide bonds. The maximum atomic E-state index is 13.1. The van der Waals surface area contributed by atoms with Crippen molar-refractivity contribution in [2.75, 3.05) is 33.3 Å². The predicted octanol–water partition coefficient (Wildman–Crippen LogP) is 2.74. The van der Waals surface area contributed by atoms with Crippen molar-refractivity contribution in [3.8, 4) is 5.75 Å². The standard InChI is InChI=1S/C23H30N4O3S.ClH/c1-18-3-9-21(10-4-18)31(28,29)27-15-11-23(12-16-27)22(24-13-14-26-23)25-17-19-5-7-20(30-2)8-6-19;/h3-10,26H,11-17H2,1-2H3,(H,24,25);1H. The molecule has 0 unspecified atom stereocenters. The van der Waals surface area contributed by atoms with E-state index < -0.39 is 10.0 Å². The quantitative estimate of drug-likeness (QED) is 0.690. The lowest BCUT2D eigenvalue weighted by molar-refractivity contribution is 0.241. The second-order valence-electron chi connectivity index (χ2n) is 8.16. The summed E-state index contributed by atoms with van der Waals surface area (Å²) in [4.78, 5) is 5.12. The number of benzene rings is 2. The van der Waals surface area contributed by atoms with Crippen molar-refractivity contribution in [1.82, 2.24) is 14.9 Å². The van der Waals surface area contributed by atoms with Crippen molar-refractivity contribution < 1.29 is 13.2 Å². The average molecular weight is 479 g/mol. The van der Waals surface area contributed by atoms with E-state index in [2.05, 4.69) is 10.6 Å². The van der Waals surface area contributed by atoms with E-state index in [0.717, 1.165) is 35.8 Å². The normalized spacial score (nSPS) is 18.5. The van der Waals surface area contributed by atoms with Gasteiger partial charge in [0.1, 0.15) is 11.6 Å². The lowest BCUT2D eigenvalue weighted by atomic mass is 9.85. The SMILES string of the molecule is COc1ccc(CNC2=NCCNC23CCN(S(=O)(=O)c2ccc(C)cc2)CC3)cc1.Cl. The molecule has 1 spiro atoms. The molecule has 1 fully saturated rings. The number of hydrogen-bond donors (Lipinski definition) is 2. The van der Waals surface area contributed by atoms with Crippen molar-refractivity contribution in [1.29, 1.82) is 0 Å². The Morgan fingerprint density at radius 1 is 1.09 bits per heavy atom. The van der Waals surface area contributed by atoms with Gasteiger partial charge in [-0.1, -0.05) is 29.8 Å². The van der Waals surface area contributed by atoms with Crippen LogP contribution in [0.25, 0.3) is 0 Å². The van der Waals surface area contributed by atoms with Gasteiger partial charge in [-0.05, 0) is 49.6 Å². The van der Waals surface area contributed by atoms with Gasteiger partial charge in [0.05, 0.1) is 24.1 Å². The molecule has 2 aromatic carbocycles. The summed E-state index contributed by atoms with van der Waals surface area (Å²) in [5.74, 6) is 1.76. The molecule has 174 valence electrons. The molecule has 0 aromatic heterocycles. The molecule has 2 aromatic rings. The lowest BCUT2D eigenvalue weighted by Gasteiger charge is -2.44. The molecule has 2 aliphatic heterocycles. The number of rotatable bonds is 5. The van der Waals surface area contributed by atoms with Crippen molar-refractivity contribution in [2.45, 2.75) is 36.7 Å². The fraction of sp³-hybridized carbons (Fsp3) is 0.435. The molecular formula is C23H31ClN4O3S. The zero-order valence-electron chi connectivity index (χ0n) is 18.5. The maximum Gasteiger partial charge on any atom is 0.243 e. The number of aliphatic imine (C=N–C) groups is 1. The van der Waals surface area contributed by atoms with Gasteiger partial charge in [0.15, 0.2) is 0 Å². The molecule has 1 saturated heterocycles. The minimum atomic E-state index is -3.48. The molecule has 0 bridgehead atoms. The zero-order valence-corrected chi connectivity index (χ0v) is 20.1. The number of methoxy groups -OCH3 is 1. The van der Waals surface area contributed by atoms with Crippen LogP contribution in [-0.4, -0.2) is 57.4 Å². The van der Waals surface area contributed by atoms with E-state index in [1.807, 2.05) is 43.3 Å². The van der Waals surface area contributed by atoms with Crippen LogP contribution in [0.15, 0.2) is 58.4 Å². The Hall–Kier alpha value is -2.13. The Balaban J connectivity index is 0.00000289. The number of amidine groups is 1. The first-order chi connectivity index (χ1) is 14.9. The number of nitrogens with one attached hydrogen (secondary N) is 2. The molecule has 4 rings (SSSR count). The van der Waals surface area contributed by atoms with Crippen LogP contribution in [0.3, 0.4) is 0 Å². The van der Waals surface area contributed by atoms with Crippen LogP contribution in [0, 0.1) is 6.92 Å². The van der Waals surface area contributed by atoms with Crippen molar-refractivity contribution in [2.24, 2.45) is 4.99 Å². The van der Waals surface area contributed by atoms with Gasteiger partial charge >= 0.3 is 0 Å². The van der Waals surface area contributed by atoms with Gasteiger partial charge in [-0.2, -0.15) is 4.31 Å². The van der Waals surface area contributed by atoms with E-state index in [1.165, 1.54) is 0 Å².